The first-order chi connectivity index (χ1) is 9.54. The number of amides is 2. The first-order valence-corrected chi connectivity index (χ1v) is 6.49. The molecule has 0 aliphatic carbocycles. The van der Waals surface area contributed by atoms with Crippen LogP contribution in [0.1, 0.15) is 12.8 Å². The van der Waals surface area contributed by atoms with Crippen LogP contribution in [-0.2, 0) is 9.59 Å². The molecule has 1 aliphatic rings. The SMILES string of the molecule is O=C(Nc1ccccc1)C(=O)N1CCC[C@@](F)(CO)C1. The highest BCUT2D eigenvalue weighted by Crippen LogP contribution is 2.24. The number of rotatable bonds is 2. The Bertz CT molecular complexity index is 494. The summed E-state index contributed by atoms with van der Waals surface area (Å²) in [6.45, 7) is -0.561. The largest absolute Gasteiger partial charge is 0.393 e. The predicted octanol–water partition coefficient (Wildman–Crippen LogP) is 0.948. The third-order valence-corrected chi connectivity index (χ3v) is 3.32. The molecule has 1 saturated heterocycles. The fraction of sp³-hybridized carbons (Fsp3) is 0.429. The standard InChI is InChI=1S/C14H17FN2O3/c15-14(10-18)7-4-8-17(9-14)13(20)12(19)16-11-5-2-1-3-6-11/h1-3,5-6,18H,4,7-10H2,(H,16,19)/t14-/m0/s1. The van der Waals surface area contributed by atoms with Crippen molar-refractivity contribution in [2.45, 2.75) is 18.5 Å². The molecule has 1 aliphatic heterocycles. The van der Waals surface area contributed by atoms with Crippen molar-refractivity contribution in [1.29, 1.82) is 0 Å². The molecule has 20 heavy (non-hydrogen) atoms. The van der Waals surface area contributed by atoms with E-state index in [9.17, 15) is 14.0 Å². The van der Waals surface area contributed by atoms with E-state index in [1.807, 2.05) is 0 Å². The van der Waals surface area contributed by atoms with E-state index in [1.165, 1.54) is 0 Å². The number of likely N-dealkylation sites (tertiary alicyclic amines) is 1. The summed E-state index contributed by atoms with van der Waals surface area (Å²) in [6.07, 6.45) is 0.634. The zero-order valence-electron chi connectivity index (χ0n) is 11.0. The molecular formula is C14H17FN2O3. The summed E-state index contributed by atoms with van der Waals surface area (Å²) in [5.41, 5.74) is -1.29. The summed E-state index contributed by atoms with van der Waals surface area (Å²) in [5, 5.41) is 11.5. The molecule has 1 heterocycles. The van der Waals surface area contributed by atoms with E-state index in [0.717, 1.165) is 4.90 Å². The number of carbonyl (C=O) groups is 2. The van der Waals surface area contributed by atoms with Gasteiger partial charge < -0.3 is 15.3 Å². The fourth-order valence-electron chi connectivity index (χ4n) is 2.24. The van der Waals surface area contributed by atoms with Crippen LogP contribution in [0.3, 0.4) is 0 Å². The number of nitrogens with one attached hydrogen (secondary N) is 1. The molecule has 1 atom stereocenters. The second-order valence-corrected chi connectivity index (χ2v) is 4.96. The van der Waals surface area contributed by atoms with Crippen molar-refractivity contribution in [1.82, 2.24) is 4.90 Å². The van der Waals surface area contributed by atoms with Crippen LogP contribution in [0.15, 0.2) is 30.3 Å². The van der Waals surface area contributed by atoms with Gasteiger partial charge in [0.2, 0.25) is 0 Å². The van der Waals surface area contributed by atoms with Crippen LogP contribution in [0, 0.1) is 0 Å². The van der Waals surface area contributed by atoms with Gasteiger partial charge in [0.1, 0.15) is 0 Å². The number of carbonyl (C=O) groups excluding carboxylic acids is 2. The van der Waals surface area contributed by atoms with Gasteiger partial charge in [-0.25, -0.2) is 4.39 Å². The van der Waals surface area contributed by atoms with Gasteiger partial charge in [0.25, 0.3) is 0 Å². The lowest BCUT2D eigenvalue weighted by molar-refractivity contribution is -0.146. The molecule has 1 aromatic carbocycles. The summed E-state index contributed by atoms with van der Waals surface area (Å²) >= 11 is 0. The van der Waals surface area contributed by atoms with Crippen LogP contribution in [0.4, 0.5) is 10.1 Å². The minimum Gasteiger partial charge on any atom is -0.393 e. The second kappa shape index (κ2) is 6.00. The fourth-order valence-corrected chi connectivity index (χ4v) is 2.24. The number of nitrogens with zero attached hydrogens (tertiary/aromatic N) is 1. The Balaban J connectivity index is 1.98. The number of hydrogen-bond acceptors (Lipinski definition) is 3. The zero-order valence-corrected chi connectivity index (χ0v) is 11.0. The van der Waals surface area contributed by atoms with Crippen LogP contribution in [0.25, 0.3) is 0 Å². The maximum absolute atomic E-state index is 14.0. The van der Waals surface area contributed by atoms with Gasteiger partial charge in [-0.1, -0.05) is 18.2 Å². The van der Waals surface area contributed by atoms with Gasteiger partial charge in [-0.05, 0) is 25.0 Å². The number of alkyl halides is 1. The van der Waals surface area contributed by atoms with Crippen LogP contribution in [-0.4, -0.2) is 47.2 Å². The summed E-state index contributed by atoms with van der Waals surface area (Å²) in [5.74, 6) is -1.57. The van der Waals surface area contributed by atoms with Crippen molar-refractivity contribution < 1.29 is 19.1 Å². The first-order valence-electron chi connectivity index (χ1n) is 6.49. The molecular weight excluding hydrogens is 263 g/mol. The van der Waals surface area contributed by atoms with Crippen LogP contribution in [0.2, 0.25) is 0 Å². The average molecular weight is 280 g/mol. The monoisotopic (exact) mass is 280 g/mol. The lowest BCUT2D eigenvalue weighted by atomic mass is 9.95. The summed E-state index contributed by atoms with van der Waals surface area (Å²) in [4.78, 5) is 24.9. The molecule has 0 saturated carbocycles. The van der Waals surface area contributed by atoms with Crippen molar-refractivity contribution in [3.8, 4) is 0 Å². The molecule has 0 unspecified atom stereocenters. The van der Waals surface area contributed by atoms with Gasteiger partial charge in [-0.15, -0.1) is 0 Å². The van der Waals surface area contributed by atoms with E-state index < -0.39 is 24.1 Å². The lowest BCUT2D eigenvalue weighted by Gasteiger charge is -2.35. The molecule has 5 nitrogen and oxygen atoms in total. The van der Waals surface area contributed by atoms with Gasteiger partial charge in [0.15, 0.2) is 5.67 Å². The van der Waals surface area contributed by atoms with Gasteiger partial charge in [0.05, 0.1) is 13.2 Å². The van der Waals surface area contributed by atoms with Gasteiger partial charge in [-0.3, -0.25) is 9.59 Å². The third kappa shape index (κ3) is 3.33. The quantitative estimate of drug-likeness (QED) is 0.792. The number of halogens is 1. The second-order valence-electron chi connectivity index (χ2n) is 4.96. The van der Waals surface area contributed by atoms with Crippen molar-refractivity contribution >= 4 is 17.5 Å². The van der Waals surface area contributed by atoms with E-state index in [4.69, 9.17) is 5.11 Å². The van der Waals surface area contributed by atoms with Crippen LogP contribution >= 0.6 is 0 Å². The summed E-state index contributed by atoms with van der Waals surface area (Å²) in [7, 11) is 0. The van der Waals surface area contributed by atoms with Crippen molar-refractivity contribution in [2.24, 2.45) is 0 Å². The number of hydrogen-bond donors (Lipinski definition) is 2. The number of anilines is 1. The van der Waals surface area contributed by atoms with E-state index in [-0.39, 0.29) is 13.0 Å². The smallest absolute Gasteiger partial charge is 0.313 e. The molecule has 108 valence electrons. The number of aliphatic hydroxyl groups excluding tert-OH is 1. The normalized spacial score (nSPS) is 22.4. The molecule has 0 spiro atoms. The lowest BCUT2D eigenvalue weighted by Crippen LogP contribution is -2.52. The Morgan fingerprint density at radius 1 is 1.35 bits per heavy atom. The van der Waals surface area contributed by atoms with E-state index in [1.54, 1.807) is 30.3 Å². The zero-order chi connectivity index (χ0) is 14.6. The number of piperidine rings is 1. The Hall–Kier alpha value is -1.95. The highest BCUT2D eigenvalue weighted by Gasteiger charge is 2.38. The van der Waals surface area contributed by atoms with Crippen molar-refractivity contribution in [2.75, 3.05) is 25.0 Å². The van der Waals surface area contributed by atoms with Crippen LogP contribution in [0.5, 0.6) is 0 Å². The third-order valence-electron chi connectivity index (χ3n) is 3.32. The number of aliphatic hydroxyl groups is 1. The van der Waals surface area contributed by atoms with E-state index in [0.29, 0.717) is 18.7 Å². The molecule has 2 N–H and O–H groups in total. The maximum Gasteiger partial charge on any atom is 0.313 e. The van der Waals surface area contributed by atoms with Crippen molar-refractivity contribution in [3.63, 3.8) is 0 Å². The molecule has 6 heteroatoms. The Morgan fingerprint density at radius 3 is 2.70 bits per heavy atom. The van der Waals surface area contributed by atoms with E-state index in [2.05, 4.69) is 5.32 Å². The highest BCUT2D eigenvalue weighted by molar-refractivity contribution is 6.39. The molecule has 0 aromatic heterocycles. The molecule has 1 aromatic rings. The van der Waals surface area contributed by atoms with Gasteiger partial charge >= 0.3 is 11.8 Å². The van der Waals surface area contributed by atoms with Gasteiger partial charge in [-0.2, -0.15) is 0 Å². The summed E-state index contributed by atoms with van der Waals surface area (Å²) < 4.78 is 14.0. The first kappa shape index (κ1) is 14.5. The minimum atomic E-state index is -1.80. The molecule has 0 radical (unpaired) electrons. The topological polar surface area (TPSA) is 69.6 Å². The average Bonchev–Trinajstić information content (AvgIpc) is 2.47. The minimum absolute atomic E-state index is 0.202. The number of para-hydroxylation sites is 1. The maximum atomic E-state index is 14.0. The van der Waals surface area contributed by atoms with Gasteiger partial charge in [0, 0.05) is 12.2 Å². The Labute approximate surface area is 116 Å². The summed E-state index contributed by atoms with van der Waals surface area (Å²) in [6, 6.07) is 8.59. The molecule has 2 rings (SSSR count). The molecule has 2 amide bonds. The number of benzene rings is 1. The predicted molar refractivity (Wildman–Crippen MR) is 71.8 cm³/mol. The molecule has 1 fully saturated rings. The highest BCUT2D eigenvalue weighted by atomic mass is 19.1. The van der Waals surface area contributed by atoms with E-state index >= 15 is 0 Å². The Morgan fingerprint density at radius 2 is 2.05 bits per heavy atom. The molecule has 0 bridgehead atoms. The van der Waals surface area contributed by atoms with Crippen molar-refractivity contribution in [3.05, 3.63) is 30.3 Å². The van der Waals surface area contributed by atoms with Crippen LogP contribution < -0.4 is 5.32 Å². The Kier molecular flexibility index (Phi) is 4.34.